The molecular formula is C20H20S2. The molecule has 1 aliphatic rings. The molecule has 2 heteroatoms. The SMILES string of the molecule is CCC1=C(c2ccccc2)SC(c2ccccc2)=C(CC)S1. The van der Waals surface area contributed by atoms with E-state index < -0.39 is 0 Å². The van der Waals surface area contributed by atoms with Crippen molar-refractivity contribution in [3.8, 4) is 0 Å². The Morgan fingerprint density at radius 3 is 1.36 bits per heavy atom. The van der Waals surface area contributed by atoms with Gasteiger partial charge in [0.15, 0.2) is 0 Å². The van der Waals surface area contributed by atoms with Gasteiger partial charge in [0.25, 0.3) is 0 Å². The number of thioether (sulfide) groups is 2. The van der Waals surface area contributed by atoms with E-state index in [4.69, 9.17) is 0 Å². The number of rotatable bonds is 4. The van der Waals surface area contributed by atoms with Gasteiger partial charge in [0.2, 0.25) is 0 Å². The lowest BCUT2D eigenvalue weighted by Crippen LogP contribution is -1.96. The minimum Gasteiger partial charge on any atom is -0.0966 e. The quantitative estimate of drug-likeness (QED) is 0.592. The van der Waals surface area contributed by atoms with Crippen LogP contribution in [0.1, 0.15) is 37.8 Å². The minimum atomic E-state index is 1.09. The normalized spacial score (nSPS) is 15.4. The molecule has 0 unspecified atom stereocenters. The second-order valence-corrected chi connectivity index (χ2v) is 7.36. The van der Waals surface area contributed by atoms with Gasteiger partial charge in [-0.25, -0.2) is 0 Å². The van der Waals surface area contributed by atoms with Crippen LogP contribution in [0.5, 0.6) is 0 Å². The number of benzene rings is 2. The van der Waals surface area contributed by atoms with Crippen molar-refractivity contribution in [2.24, 2.45) is 0 Å². The Labute approximate surface area is 141 Å². The topological polar surface area (TPSA) is 0 Å². The van der Waals surface area contributed by atoms with Gasteiger partial charge >= 0.3 is 0 Å². The summed E-state index contributed by atoms with van der Waals surface area (Å²) in [5.74, 6) is 0. The molecule has 112 valence electrons. The fourth-order valence-corrected chi connectivity index (χ4v) is 5.28. The van der Waals surface area contributed by atoms with Crippen LogP contribution in [0.4, 0.5) is 0 Å². The van der Waals surface area contributed by atoms with Gasteiger partial charge in [0.1, 0.15) is 0 Å². The van der Waals surface area contributed by atoms with E-state index in [1.807, 2.05) is 23.5 Å². The predicted octanol–water partition coefficient (Wildman–Crippen LogP) is 7.02. The molecule has 22 heavy (non-hydrogen) atoms. The summed E-state index contributed by atoms with van der Waals surface area (Å²) < 4.78 is 0. The van der Waals surface area contributed by atoms with Gasteiger partial charge in [-0.15, -0.1) is 0 Å². The summed E-state index contributed by atoms with van der Waals surface area (Å²) in [6, 6.07) is 21.6. The Bertz CT molecular complexity index is 636. The summed E-state index contributed by atoms with van der Waals surface area (Å²) in [4.78, 5) is 5.83. The van der Waals surface area contributed by atoms with Gasteiger partial charge in [-0.05, 0) is 24.0 Å². The standard InChI is InChI=1S/C20H20S2/c1-3-17-19(15-11-7-5-8-12-15)22-20(18(4-2)21-17)16-13-9-6-10-14-16/h5-14H,3-4H2,1-2H3. The lowest BCUT2D eigenvalue weighted by molar-refractivity contribution is 1.19. The average molecular weight is 325 g/mol. The predicted molar refractivity (Wildman–Crippen MR) is 102 cm³/mol. The highest BCUT2D eigenvalue weighted by Crippen LogP contribution is 2.54. The van der Waals surface area contributed by atoms with E-state index >= 15 is 0 Å². The molecule has 2 aromatic rings. The molecule has 0 atom stereocenters. The van der Waals surface area contributed by atoms with Crippen molar-refractivity contribution in [1.82, 2.24) is 0 Å². The largest absolute Gasteiger partial charge is 0.0966 e. The molecule has 0 N–H and O–H groups in total. The molecule has 2 aromatic carbocycles. The Kier molecular flexibility index (Phi) is 5.12. The molecule has 0 spiro atoms. The maximum atomic E-state index is 2.26. The van der Waals surface area contributed by atoms with Crippen LogP contribution >= 0.6 is 23.5 Å². The molecule has 0 bridgehead atoms. The van der Waals surface area contributed by atoms with E-state index in [0.29, 0.717) is 0 Å². The van der Waals surface area contributed by atoms with Gasteiger partial charge in [-0.1, -0.05) is 98.0 Å². The van der Waals surface area contributed by atoms with E-state index in [2.05, 4.69) is 74.5 Å². The van der Waals surface area contributed by atoms with Crippen LogP contribution in [-0.4, -0.2) is 0 Å². The third-order valence-electron chi connectivity index (χ3n) is 3.67. The minimum absolute atomic E-state index is 1.09. The maximum Gasteiger partial charge on any atom is 0.0293 e. The van der Waals surface area contributed by atoms with Crippen LogP contribution in [0.3, 0.4) is 0 Å². The molecule has 0 saturated heterocycles. The zero-order chi connectivity index (χ0) is 15.4. The molecule has 0 amide bonds. The number of allylic oxidation sites excluding steroid dienone is 2. The zero-order valence-electron chi connectivity index (χ0n) is 13.0. The Morgan fingerprint density at radius 1 is 0.591 bits per heavy atom. The first-order valence-electron chi connectivity index (χ1n) is 7.76. The van der Waals surface area contributed by atoms with E-state index in [-0.39, 0.29) is 0 Å². The van der Waals surface area contributed by atoms with E-state index in [1.165, 1.54) is 30.7 Å². The van der Waals surface area contributed by atoms with Crippen LogP contribution < -0.4 is 0 Å². The van der Waals surface area contributed by atoms with Crippen molar-refractivity contribution in [1.29, 1.82) is 0 Å². The van der Waals surface area contributed by atoms with Crippen LogP contribution in [-0.2, 0) is 0 Å². The maximum absolute atomic E-state index is 2.26. The van der Waals surface area contributed by atoms with Crippen molar-refractivity contribution >= 4 is 33.3 Å². The molecule has 0 nitrogen and oxygen atoms in total. The average Bonchev–Trinajstić information content (AvgIpc) is 2.62. The van der Waals surface area contributed by atoms with Crippen LogP contribution in [0.25, 0.3) is 9.81 Å². The molecule has 1 heterocycles. The van der Waals surface area contributed by atoms with Gasteiger partial charge in [0.05, 0.1) is 0 Å². The summed E-state index contributed by atoms with van der Waals surface area (Å²) in [7, 11) is 0. The van der Waals surface area contributed by atoms with E-state index in [9.17, 15) is 0 Å². The van der Waals surface area contributed by atoms with E-state index in [0.717, 1.165) is 12.8 Å². The van der Waals surface area contributed by atoms with Gasteiger partial charge < -0.3 is 0 Å². The zero-order valence-corrected chi connectivity index (χ0v) is 14.6. The first-order valence-corrected chi connectivity index (χ1v) is 9.39. The fraction of sp³-hybridized carbons (Fsp3) is 0.200. The van der Waals surface area contributed by atoms with Crippen LogP contribution in [0.15, 0.2) is 70.5 Å². The second-order valence-electron chi connectivity index (χ2n) is 5.15. The van der Waals surface area contributed by atoms with Gasteiger partial charge in [0, 0.05) is 19.6 Å². The van der Waals surface area contributed by atoms with Gasteiger partial charge in [-0.2, -0.15) is 0 Å². The molecule has 1 aliphatic heterocycles. The lowest BCUT2D eigenvalue weighted by Gasteiger charge is -2.24. The molecular weight excluding hydrogens is 304 g/mol. The molecule has 0 aromatic heterocycles. The third-order valence-corrected chi connectivity index (χ3v) is 6.78. The summed E-state index contributed by atoms with van der Waals surface area (Å²) in [6.45, 7) is 4.51. The first kappa shape index (κ1) is 15.5. The lowest BCUT2D eigenvalue weighted by atomic mass is 10.2. The summed E-state index contributed by atoms with van der Waals surface area (Å²) >= 11 is 3.92. The Balaban J connectivity index is 2.04. The van der Waals surface area contributed by atoms with Crippen LogP contribution in [0.2, 0.25) is 0 Å². The molecule has 0 aliphatic carbocycles. The van der Waals surface area contributed by atoms with Crippen molar-refractivity contribution in [2.45, 2.75) is 26.7 Å². The highest BCUT2D eigenvalue weighted by molar-refractivity contribution is 8.21. The van der Waals surface area contributed by atoms with Crippen molar-refractivity contribution < 1.29 is 0 Å². The van der Waals surface area contributed by atoms with Gasteiger partial charge in [-0.3, -0.25) is 0 Å². The summed E-state index contributed by atoms with van der Waals surface area (Å²) in [6.07, 6.45) is 2.18. The van der Waals surface area contributed by atoms with Crippen molar-refractivity contribution in [3.63, 3.8) is 0 Å². The second kappa shape index (κ2) is 7.26. The van der Waals surface area contributed by atoms with Crippen LogP contribution in [0, 0.1) is 0 Å². The molecule has 0 saturated carbocycles. The highest BCUT2D eigenvalue weighted by Gasteiger charge is 2.22. The smallest absolute Gasteiger partial charge is 0.0293 e. The monoisotopic (exact) mass is 324 g/mol. The summed E-state index contributed by atoms with van der Waals surface area (Å²) in [5, 5.41) is 0. The number of hydrogen-bond donors (Lipinski definition) is 0. The molecule has 3 rings (SSSR count). The third kappa shape index (κ3) is 3.18. The molecule has 0 fully saturated rings. The first-order chi connectivity index (χ1) is 10.8. The number of hydrogen-bond acceptors (Lipinski definition) is 2. The van der Waals surface area contributed by atoms with E-state index in [1.54, 1.807) is 0 Å². The Morgan fingerprint density at radius 2 is 1.00 bits per heavy atom. The van der Waals surface area contributed by atoms with Crippen molar-refractivity contribution in [3.05, 3.63) is 81.6 Å². The van der Waals surface area contributed by atoms with Crippen molar-refractivity contribution in [2.75, 3.05) is 0 Å². The Hall–Kier alpha value is -1.38. The highest BCUT2D eigenvalue weighted by atomic mass is 32.2. The summed E-state index contributed by atoms with van der Waals surface area (Å²) in [5.41, 5.74) is 2.67. The fourth-order valence-electron chi connectivity index (χ4n) is 2.54. The molecule has 0 radical (unpaired) electrons.